The van der Waals surface area contributed by atoms with Crippen LogP contribution in [-0.4, -0.2) is 10.9 Å². The van der Waals surface area contributed by atoms with Crippen molar-refractivity contribution in [3.8, 4) is 0 Å². The highest BCUT2D eigenvalue weighted by Crippen LogP contribution is 2.16. The van der Waals surface area contributed by atoms with E-state index in [1.807, 2.05) is 13.8 Å². The number of carbonyl (C=O) groups is 1. The molecule has 0 aliphatic rings. The molecule has 0 fully saturated rings. The molecule has 0 atom stereocenters. The number of nitrogens with one attached hydrogen (secondary N) is 1. The molecule has 2 rings (SSSR count). The first-order valence-electron chi connectivity index (χ1n) is 5.98. The average Bonchev–Trinajstić information content (AvgIpc) is 2.68. The Morgan fingerprint density at radius 1 is 1.32 bits per heavy atom. The SMILES string of the molecule is Cc1nc(C)c(CNC(=O)Cc2ccc(F)cc2)s1. The summed E-state index contributed by atoms with van der Waals surface area (Å²) in [5.74, 6) is -0.364. The molecule has 0 bridgehead atoms. The maximum Gasteiger partial charge on any atom is 0.224 e. The number of amides is 1. The van der Waals surface area contributed by atoms with Crippen molar-refractivity contribution in [2.45, 2.75) is 26.8 Å². The molecule has 2 aromatic rings. The van der Waals surface area contributed by atoms with E-state index in [4.69, 9.17) is 0 Å². The van der Waals surface area contributed by atoms with Crippen LogP contribution < -0.4 is 5.32 Å². The lowest BCUT2D eigenvalue weighted by atomic mass is 10.1. The van der Waals surface area contributed by atoms with Crippen LogP contribution in [0, 0.1) is 19.7 Å². The zero-order valence-corrected chi connectivity index (χ0v) is 11.7. The van der Waals surface area contributed by atoms with Gasteiger partial charge in [0.25, 0.3) is 0 Å². The van der Waals surface area contributed by atoms with Gasteiger partial charge in [0.2, 0.25) is 5.91 Å². The maximum atomic E-state index is 12.7. The van der Waals surface area contributed by atoms with Gasteiger partial charge in [0.05, 0.1) is 23.7 Å². The van der Waals surface area contributed by atoms with E-state index < -0.39 is 0 Å². The van der Waals surface area contributed by atoms with E-state index >= 15 is 0 Å². The number of hydrogen-bond acceptors (Lipinski definition) is 3. The van der Waals surface area contributed by atoms with Gasteiger partial charge in [-0.05, 0) is 31.5 Å². The molecule has 0 spiro atoms. The van der Waals surface area contributed by atoms with E-state index in [0.29, 0.717) is 6.54 Å². The van der Waals surface area contributed by atoms with Gasteiger partial charge in [-0.3, -0.25) is 4.79 Å². The number of halogens is 1. The Kier molecular flexibility index (Phi) is 4.27. The summed E-state index contributed by atoms with van der Waals surface area (Å²) < 4.78 is 12.7. The van der Waals surface area contributed by atoms with E-state index in [2.05, 4.69) is 10.3 Å². The van der Waals surface area contributed by atoms with Gasteiger partial charge in [0, 0.05) is 4.88 Å². The first kappa shape index (κ1) is 13.7. The van der Waals surface area contributed by atoms with Crippen LogP contribution in [0.15, 0.2) is 24.3 Å². The molecule has 1 amide bonds. The minimum Gasteiger partial charge on any atom is -0.351 e. The van der Waals surface area contributed by atoms with Crippen LogP contribution in [-0.2, 0) is 17.8 Å². The lowest BCUT2D eigenvalue weighted by Gasteiger charge is -2.04. The summed E-state index contributed by atoms with van der Waals surface area (Å²) in [6.45, 7) is 4.38. The number of hydrogen-bond donors (Lipinski definition) is 1. The summed E-state index contributed by atoms with van der Waals surface area (Å²) in [6.07, 6.45) is 0.261. The minimum atomic E-state index is -0.292. The molecule has 0 saturated heterocycles. The van der Waals surface area contributed by atoms with Crippen molar-refractivity contribution in [1.29, 1.82) is 0 Å². The molecule has 0 aliphatic carbocycles. The Bertz CT molecular complexity index is 578. The van der Waals surface area contributed by atoms with Gasteiger partial charge >= 0.3 is 0 Å². The molecule has 1 N–H and O–H groups in total. The van der Waals surface area contributed by atoms with Crippen molar-refractivity contribution in [2.75, 3.05) is 0 Å². The maximum absolute atomic E-state index is 12.7. The van der Waals surface area contributed by atoms with Crippen LogP contribution in [0.4, 0.5) is 4.39 Å². The minimum absolute atomic E-state index is 0.0722. The third kappa shape index (κ3) is 3.86. The second-order valence-corrected chi connectivity index (χ2v) is 5.61. The quantitative estimate of drug-likeness (QED) is 0.934. The van der Waals surface area contributed by atoms with Crippen LogP contribution >= 0.6 is 11.3 Å². The zero-order valence-electron chi connectivity index (χ0n) is 10.9. The highest BCUT2D eigenvalue weighted by atomic mass is 32.1. The second-order valence-electron chi connectivity index (χ2n) is 4.32. The molecule has 19 heavy (non-hydrogen) atoms. The molecule has 0 saturated carbocycles. The summed E-state index contributed by atoms with van der Waals surface area (Å²) in [7, 11) is 0. The Balaban J connectivity index is 1.88. The Morgan fingerprint density at radius 2 is 2.00 bits per heavy atom. The number of aryl methyl sites for hydroxylation is 2. The van der Waals surface area contributed by atoms with Crippen LogP contribution in [0.1, 0.15) is 21.1 Å². The monoisotopic (exact) mass is 278 g/mol. The van der Waals surface area contributed by atoms with Crippen molar-refractivity contribution in [1.82, 2.24) is 10.3 Å². The predicted octanol–water partition coefficient (Wildman–Crippen LogP) is 2.76. The third-order valence-electron chi connectivity index (χ3n) is 2.72. The highest BCUT2D eigenvalue weighted by molar-refractivity contribution is 7.11. The molecule has 0 radical (unpaired) electrons. The summed E-state index contributed by atoms with van der Waals surface area (Å²) >= 11 is 1.59. The lowest BCUT2D eigenvalue weighted by Crippen LogP contribution is -2.24. The van der Waals surface area contributed by atoms with Crippen molar-refractivity contribution in [3.05, 3.63) is 51.2 Å². The Labute approximate surface area is 115 Å². The molecule has 100 valence electrons. The standard InChI is InChI=1S/C14H15FN2OS/c1-9-13(19-10(2)17-9)8-16-14(18)7-11-3-5-12(15)6-4-11/h3-6H,7-8H2,1-2H3,(H,16,18). The fourth-order valence-corrected chi connectivity index (χ4v) is 2.64. The van der Waals surface area contributed by atoms with Gasteiger partial charge in [-0.2, -0.15) is 0 Å². The molecular formula is C14H15FN2OS. The van der Waals surface area contributed by atoms with Crippen molar-refractivity contribution >= 4 is 17.2 Å². The van der Waals surface area contributed by atoms with Gasteiger partial charge < -0.3 is 5.32 Å². The van der Waals surface area contributed by atoms with E-state index in [0.717, 1.165) is 21.1 Å². The highest BCUT2D eigenvalue weighted by Gasteiger charge is 2.07. The van der Waals surface area contributed by atoms with Crippen molar-refractivity contribution in [2.24, 2.45) is 0 Å². The molecule has 1 aromatic heterocycles. The summed E-state index contributed by atoms with van der Waals surface area (Å²) in [4.78, 5) is 17.2. The largest absolute Gasteiger partial charge is 0.351 e. The Morgan fingerprint density at radius 3 is 2.58 bits per heavy atom. The van der Waals surface area contributed by atoms with Crippen LogP contribution in [0.2, 0.25) is 0 Å². The summed E-state index contributed by atoms with van der Waals surface area (Å²) in [5, 5.41) is 3.85. The fourth-order valence-electron chi connectivity index (χ4n) is 1.77. The van der Waals surface area contributed by atoms with Gasteiger partial charge in [-0.1, -0.05) is 12.1 Å². The number of nitrogens with zero attached hydrogens (tertiary/aromatic N) is 1. The average molecular weight is 278 g/mol. The lowest BCUT2D eigenvalue weighted by molar-refractivity contribution is -0.120. The molecule has 1 heterocycles. The third-order valence-corrected chi connectivity index (χ3v) is 3.80. The molecule has 0 unspecified atom stereocenters. The topological polar surface area (TPSA) is 42.0 Å². The molecule has 1 aromatic carbocycles. The van der Waals surface area contributed by atoms with Crippen molar-refractivity contribution in [3.63, 3.8) is 0 Å². The van der Waals surface area contributed by atoms with E-state index in [9.17, 15) is 9.18 Å². The van der Waals surface area contributed by atoms with E-state index in [1.54, 1.807) is 23.5 Å². The molecule has 0 aliphatic heterocycles. The van der Waals surface area contributed by atoms with Crippen LogP contribution in [0.5, 0.6) is 0 Å². The van der Waals surface area contributed by atoms with Gasteiger partial charge in [-0.15, -0.1) is 11.3 Å². The number of aromatic nitrogens is 1. The summed E-state index contributed by atoms with van der Waals surface area (Å²) in [6, 6.07) is 5.96. The molecular weight excluding hydrogens is 263 g/mol. The molecule has 5 heteroatoms. The fraction of sp³-hybridized carbons (Fsp3) is 0.286. The number of thiazole rings is 1. The summed E-state index contributed by atoms with van der Waals surface area (Å²) in [5.41, 5.74) is 1.76. The predicted molar refractivity (Wildman–Crippen MR) is 73.5 cm³/mol. The number of rotatable bonds is 4. The van der Waals surface area contributed by atoms with Gasteiger partial charge in [0.15, 0.2) is 0 Å². The smallest absolute Gasteiger partial charge is 0.224 e. The van der Waals surface area contributed by atoms with Crippen molar-refractivity contribution < 1.29 is 9.18 Å². The van der Waals surface area contributed by atoms with Gasteiger partial charge in [-0.25, -0.2) is 9.37 Å². The number of benzene rings is 1. The first-order chi connectivity index (χ1) is 9.04. The van der Waals surface area contributed by atoms with Gasteiger partial charge in [0.1, 0.15) is 5.82 Å². The zero-order chi connectivity index (χ0) is 13.8. The van der Waals surface area contributed by atoms with Crippen LogP contribution in [0.3, 0.4) is 0 Å². The van der Waals surface area contributed by atoms with E-state index in [-0.39, 0.29) is 18.1 Å². The normalized spacial score (nSPS) is 10.5. The first-order valence-corrected chi connectivity index (χ1v) is 6.80. The van der Waals surface area contributed by atoms with E-state index in [1.165, 1.54) is 12.1 Å². The number of carbonyl (C=O) groups excluding carboxylic acids is 1. The second kappa shape index (κ2) is 5.93. The Hall–Kier alpha value is -1.75. The molecule has 3 nitrogen and oxygen atoms in total. The van der Waals surface area contributed by atoms with Crippen LogP contribution in [0.25, 0.3) is 0 Å².